The third-order valence-corrected chi connectivity index (χ3v) is 6.71. The molecule has 0 aromatic heterocycles. The van der Waals surface area contributed by atoms with E-state index in [2.05, 4.69) is 75.6 Å². The van der Waals surface area contributed by atoms with Gasteiger partial charge in [-0.3, -0.25) is 4.90 Å². The molecule has 26 heavy (non-hydrogen) atoms. The number of piperidine rings is 2. The smallest absolute Gasteiger partial charge is 0.0125 e. The minimum absolute atomic E-state index is 0.254. The van der Waals surface area contributed by atoms with Crippen LogP contribution in [-0.4, -0.2) is 47.6 Å². The normalized spacial score (nSPS) is 22.7. The van der Waals surface area contributed by atoms with Gasteiger partial charge in [-0.2, -0.15) is 0 Å². The Morgan fingerprint density at radius 2 is 1.27 bits per heavy atom. The van der Waals surface area contributed by atoms with E-state index in [9.17, 15) is 0 Å². The van der Waals surface area contributed by atoms with Crippen LogP contribution in [0, 0.1) is 0 Å². The van der Waals surface area contributed by atoms with Crippen LogP contribution in [0.25, 0.3) is 0 Å². The quantitative estimate of drug-likeness (QED) is 0.697. The molecule has 2 saturated heterocycles. The molecule has 0 bridgehead atoms. The first-order valence-corrected chi connectivity index (χ1v) is 10.7. The van der Waals surface area contributed by atoms with Gasteiger partial charge in [0.05, 0.1) is 0 Å². The van der Waals surface area contributed by atoms with Gasteiger partial charge in [-0.15, -0.1) is 0 Å². The number of hydrogen-bond donors (Lipinski definition) is 0. The van der Waals surface area contributed by atoms with Crippen molar-refractivity contribution >= 4 is 0 Å². The van der Waals surface area contributed by atoms with E-state index in [1.807, 2.05) is 0 Å². The van der Waals surface area contributed by atoms with Crippen LogP contribution in [0.15, 0.2) is 24.3 Å². The Morgan fingerprint density at radius 1 is 0.731 bits per heavy atom. The molecule has 3 rings (SSSR count). The van der Waals surface area contributed by atoms with E-state index in [4.69, 9.17) is 0 Å². The highest BCUT2D eigenvalue weighted by Crippen LogP contribution is 2.32. The number of likely N-dealkylation sites (tertiary alicyclic amines) is 2. The first-order chi connectivity index (χ1) is 12.1. The Kier molecular flexibility index (Phi) is 5.84. The van der Waals surface area contributed by atoms with Crippen molar-refractivity contribution in [1.82, 2.24) is 9.80 Å². The summed E-state index contributed by atoms with van der Waals surface area (Å²) < 4.78 is 0. The van der Waals surface area contributed by atoms with Crippen LogP contribution in [0.4, 0.5) is 0 Å². The summed E-state index contributed by atoms with van der Waals surface area (Å²) in [6.07, 6.45) is 5.35. The van der Waals surface area contributed by atoms with Crippen molar-refractivity contribution < 1.29 is 0 Å². The fourth-order valence-electron chi connectivity index (χ4n) is 4.76. The highest BCUT2D eigenvalue weighted by atomic mass is 15.2. The van der Waals surface area contributed by atoms with E-state index in [1.54, 1.807) is 5.56 Å². The van der Waals surface area contributed by atoms with Crippen molar-refractivity contribution in [3.63, 3.8) is 0 Å². The maximum Gasteiger partial charge on any atom is 0.0125 e. The summed E-state index contributed by atoms with van der Waals surface area (Å²) in [6, 6.07) is 10.3. The second-order valence-electron chi connectivity index (χ2n) is 10.6. The maximum absolute atomic E-state index is 2.79. The average Bonchev–Trinajstić information content (AvgIpc) is 2.61. The molecular weight excluding hydrogens is 316 g/mol. The van der Waals surface area contributed by atoms with E-state index in [1.165, 1.54) is 57.4 Å². The summed E-state index contributed by atoms with van der Waals surface area (Å²) in [7, 11) is 0. The lowest BCUT2D eigenvalue weighted by Crippen LogP contribution is -2.52. The maximum atomic E-state index is 2.79. The molecule has 0 aliphatic carbocycles. The monoisotopic (exact) mass is 356 g/mol. The van der Waals surface area contributed by atoms with Crippen LogP contribution >= 0.6 is 0 Å². The molecule has 0 radical (unpaired) electrons. The molecule has 2 aliphatic rings. The van der Waals surface area contributed by atoms with E-state index < -0.39 is 0 Å². The van der Waals surface area contributed by atoms with Crippen molar-refractivity contribution in [3.8, 4) is 0 Å². The molecule has 0 spiro atoms. The minimum Gasteiger partial charge on any atom is -0.300 e. The average molecular weight is 357 g/mol. The Balaban J connectivity index is 1.50. The summed E-state index contributed by atoms with van der Waals surface area (Å²) in [5.74, 6) is 0.759. The zero-order chi connectivity index (χ0) is 18.9. The number of nitrogens with zero attached hydrogens (tertiary/aromatic N) is 2. The van der Waals surface area contributed by atoms with Crippen molar-refractivity contribution in [2.45, 2.75) is 90.1 Å². The van der Waals surface area contributed by atoms with Gasteiger partial charge in [0.25, 0.3) is 0 Å². The summed E-state index contributed by atoms with van der Waals surface area (Å²) in [4.78, 5) is 5.45. The molecule has 2 nitrogen and oxygen atoms in total. The van der Waals surface area contributed by atoms with Gasteiger partial charge in [0, 0.05) is 24.7 Å². The Morgan fingerprint density at radius 3 is 1.73 bits per heavy atom. The highest BCUT2D eigenvalue weighted by molar-refractivity contribution is 5.29. The van der Waals surface area contributed by atoms with Gasteiger partial charge in [-0.25, -0.2) is 0 Å². The Labute approximate surface area is 162 Å². The van der Waals surface area contributed by atoms with Gasteiger partial charge >= 0.3 is 0 Å². The second kappa shape index (κ2) is 7.64. The van der Waals surface area contributed by atoms with Crippen LogP contribution in [0.3, 0.4) is 0 Å². The summed E-state index contributed by atoms with van der Waals surface area (Å²) in [5, 5.41) is 0. The lowest BCUT2D eigenvalue weighted by molar-refractivity contribution is 0.0465. The van der Waals surface area contributed by atoms with E-state index >= 15 is 0 Å². The van der Waals surface area contributed by atoms with Crippen LogP contribution in [0.1, 0.15) is 84.3 Å². The van der Waals surface area contributed by atoms with Crippen LogP contribution in [-0.2, 0) is 5.41 Å². The lowest BCUT2D eigenvalue weighted by Gasteiger charge is -2.45. The Bertz CT molecular complexity index is 560. The largest absolute Gasteiger partial charge is 0.300 e. The molecule has 1 aromatic rings. The molecular formula is C24H40N2. The van der Waals surface area contributed by atoms with Gasteiger partial charge in [-0.05, 0) is 82.0 Å². The van der Waals surface area contributed by atoms with Crippen LogP contribution < -0.4 is 0 Å². The highest BCUT2D eigenvalue weighted by Gasteiger charge is 2.31. The van der Waals surface area contributed by atoms with Gasteiger partial charge in [0.15, 0.2) is 0 Å². The van der Waals surface area contributed by atoms with Gasteiger partial charge in [0.1, 0.15) is 0 Å². The molecule has 0 atom stereocenters. The van der Waals surface area contributed by atoms with Crippen molar-refractivity contribution in [3.05, 3.63) is 35.4 Å². The predicted octanol–water partition coefficient (Wildman–Crippen LogP) is 5.43. The minimum atomic E-state index is 0.254. The van der Waals surface area contributed by atoms with Crippen molar-refractivity contribution in [2.24, 2.45) is 0 Å². The van der Waals surface area contributed by atoms with Crippen molar-refractivity contribution in [2.75, 3.05) is 26.2 Å². The van der Waals surface area contributed by atoms with Gasteiger partial charge in [-0.1, -0.05) is 45.0 Å². The molecule has 0 N–H and O–H groups in total. The van der Waals surface area contributed by atoms with E-state index in [-0.39, 0.29) is 5.41 Å². The fraction of sp³-hybridized carbons (Fsp3) is 0.750. The molecule has 2 heterocycles. The molecule has 1 aromatic carbocycles. The third kappa shape index (κ3) is 4.70. The first kappa shape index (κ1) is 19.9. The molecule has 2 heteroatoms. The molecule has 146 valence electrons. The standard InChI is InChI=1S/C24H40N2/c1-23(2,3)21-9-7-19(8-10-21)20-11-15-25(16-12-20)22-13-17-26(18-14-22)24(4,5)6/h7-10,20,22H,11-18H2,1-6H3. The predicted molar refractivity (Wildman–Crippen MR) is 113 cm³/mol. The lowest BCUT2D eigenvalue weighted by atomic mass is 9.83. The number of hydrogen-bond acceptors (Lipinski definition) is 2. The molecule has 2 fully saturated rings. The van der Waals surface area contributed by atoms with Gasteiger partial charge in [0.2, 0.25) is 0 Å². The molecule has 0 unspecified atom stereocenters. The second-order valence-corrected chi connectivity index (χ2v) is 10.6. The zero-order valence-corrected chi connectivity index (χ0v) is 18.0. The molecule has 0 saturated carbocycles. The molecule has 0 amide bonds. The van der Waals surface area contributed by atoms with E-state index in [0.717, 1.165) is 12.0 Å². The van der Waals surface area contributed by atoms with Crippen LogP contribution in [0.2, 0.25) is 0 Å². The Hall–Kier alpha value is -0.860. The van der Waals surface area contributed by atoms with Crippen molar-refractivity contribution in [1.29, 1.82) is 0 Å². The number of benzene rings is 1. The molecule has 2 aliphatic heterocycles. The zero-order valence-electron chi connectivity index (χ0n) is 18.0. The third-order valence-electron chi connectivity index (χ3n) is 6.71. The number of rotatable bonds is 2. The fourth-order valence-corrected chi connectivity index (χ4v) is 4.76. The summed E-state index contributed by atoms with van der Waals surface area (Å²) >= 11 is 0. The summed E-state index contributed by atoms with van der Waals surface area (Å²) in [6.45, 7) is 19.0. The van der Waals surface area contributed by atoms with Crippen LogP contribution in [0.5, 0.6) is 0 Å². The SMILES string of the molecule is CC(C)(C)c1ccc(C2CCN(C3CCN(C(C)(C)C)CC3)CC2)cc1. The first-order valence-electron chi connectivity index (χ1n) is 10.7. The topological polar surface area (TPSA) is 6.48 Å². The summed E-state index contributed by atoms with van der Waals surface area (Å²) in [5.41, 5.74) is 3.59. The van der Waals surface area contributed by atoms with E-state index in [0.29, 0.717) is 5.54 Å². The van der Waals surface area contributed by atoms with Gasteiger partial charge < -0.3 is 4.90 Å².